The first-order valence-corrected chi connectivity index (χ1v) is 5.45. The van der Waals surface area contributed by atoms with Crippen molar-refractivity contribution in [3.8, 4) is 0 Å². The molecule has 3 heteroatoms. The maximum Gasteiger partial charge on any atom is 0.0757 e. The lowest BCUT2D eigenvalue weighted by Gasteiger charge is -2.05. The molecule has 0 aromatic heterocycles. The second-order valence-electron chi connectivity index (χ2n) is 3.04. The van der Waals surface area contributed by atoms with E-state index in [1.54, 1.807) is 11.8 Å². The summed E-state index contributed by atoms with van der Waals surface area (Å²) in [6, 6.07) is 10.1. The highest BCUT2D eigenvalue weighted by Gasteiger charge is 2.00. The third-order valence-corrected chi connectivity index (χ3v) is 3.12. The third kappa shape index (κ3) is 3.44. The highest BCUT2D eigenvalue weighted by molar-refractivity contribution is 8.02. The molecule has 1 rings (SSSR count). The monoisotopic (exact) mass is 209 g/mol. The van der Waals surface area contributed by atoms with Gasteiger partial charge in [-0.2, -0.15) is 0 Å². The minimum Gasteiger partial charge on any atom is -0.402 e. The van der Waals surface area contributed by atoms with Gasteiger partial charge in [0.2, 0.25) is 0 Å². The molecule has 0 saturated carbocycles. The van der Waals surface area contributed by atoms with Crippen molar-refractivity contribution in [1.29, 1.82) is 0 Å². The predicted molar refractivity (Wildman–Crippen MR) is 61.7 cm³/mol. The molecular formula is C11H15NOS. The van der Waals surface area contributed by atoms with Gasteiger partial charge < -0.3 is 10.8 Å². The number of aliphatic hydroxyl groups excluding tert-OH is 1. The first-order chi connectivity index (χ1) is 6.74. The van der Waals surface area contributed by atoms with Crippen LogP contribution in [0.5, 0.6) is 0 Å². The van der Waals surface area contributed by atoms with Crippen LogP contribution in [0.15, 0.2) is 40.9 Å². The highest BCUT2D eigenvalue weighted by Crippen LogP contribution is 2.21. The molecule has 0 saturated heterocycles. The summed E-state index contributed by atoms with van der Waals surface area (Å²) < 4.78 is 0. The van der Waals surface area contributed by atoms with Crippen LogP contribution < -0.4 is 5.73 Å². The molecule has 0 radical (unpaired) electrons. The molecule has 0 aliphatic rings. The molecule has 0 amide bonds. The van der Waals surface area contributed by atoms with Crippen LogP contribution in [-0.4, -0.2) is 11.7 Å². The molecular weight excluding hydrogens is 194 g/mol. The van der Waals surface area contributed by atoms with E-state index >= 15 is 0 Å². The summed E-state index contributed by atoms with van der Waals surface area (Å²) in [6.07, 6.45) is 0. The number of benzene rings is 1. The Morgan fingerprint density at radius 1 is 1.36 bits per heavy atom. The molecule has 76 valence electrons. The Morgan fingerprint density at radius 3 is 2.50 bits per heavy atom. The Balaban J connectivity index is 2.53. The zero-order chi connectivity index (χ0) is 10.4. The van der Waals surface area contributed by atoms with Gasteiger partial charge in [0.25, 0.3) is 0 Å². The van der Waals surface area contributed by atoms with E-state index in [2.05, 4.69) is 12.1 Å². The first-order valence-electron chi connectivity index (χ1n) is 4.47. The second kappa shape index (κ2) is 5.73. The lowest BCUT2D eigenvalue weighted by molar-refractivity contribution is 0.338. The fourth-order valence-corrected chi connectivity index (χ4v) is 1.88. The van der Waals surface area contributed by atoms with Crippen LogP contribution in [0.25, 0.3) is 0 Å². The van der Waals surface area contributed by atoms with Crippen LogP contribution in [0.2, 0.25) is 0 Å². The lowest BCUT2D eigenvalue weighted by atomic mass is 10.2. The molecule has 0 aliphatic carbocycles. The van der Waals surface area contributed by atoms with Crippen LogP contribution in [0.1, 0.15) is 12.5 Å². The van der Waals surface area contributed by atoms with E-state index in [1.807, 2.05) is 25.1 Å². The Hall–Kier alpha value is -0.930. The van der Waals surface area contributed by atoms with Crippen molar-refractivity contribution < 1.29 is 5.11 Å². The second-order valence-corrected chi connectivity index (χ2v) is 4.11. The number of rotatable bonds is 4. The maximum atomic E-state index is 9.02. The molecule has 0 aliphatic heterocycles. The van der Waals surface area contributed by atoms with Crippen molar-refractivity contribution in [2.45, 2.75) is 12.7 Å². The van der Waals surface area contributed by atoms with Crippen LogP contribution >= 0.6 is 11.8 Å². The smallest absolute Gasteiger partial charge is 0.0757 e. The molecule has 0 fully saturated rings. The quantitative estimate of drug-likeness (QED) is 0.798. The van der Waals surface area contributed by atoms with Crippen LogP contribution in [0.3, 0.4) is 0 Å². The predicted octanol–water partition coefficient (Wildman–Crippen LogP) is 2.10. The summed E-state index contributed by atoms with van der Waals surface area (Å²) in [6.45, 7) is 1.84. The van der Waals surface area contributed by atoms with Gasteiger partial charge in [-0.05, 0) is 12.5 Å². The van der Waals surface area contributed by atoms with Gasteiger partial charge in [0.05, 0.1) is 6.61 Å². The van der Waals surface area contributed by atoms with Gasteiger partial charge in [0.1, 0.15) is 0 Å². The van der Waals surface area contributed by atoms with Crippen molar-refractivity contribution in [3.63, 3.8) is 0 Å². The zero-order valence-electron chi connectivity index (χ0n) is 8.23. The van der Waals surface area contributed by atoms with Crippen LogP contribution in [0, 0.1) is 0 Å². The number of thioether (sulfide) groups is 1. The molecule has 0 atom stereocenters. The van der Waals surface area contributed by atoms with Gasteiger partial charge in [0.15, 0.2) is 0 Å². The molecule has 1 aromatic carbocycles. The maximum absolute atomic E-state index is 9.02. The molecule has 0 unspecified atom stereocenters. The van der Waals surface area contributed by atoms with Crippen molar-refractivity contribution in [2.75, 3.05) is 6.61 Å². The fraction of sp³-hybridized carbons (Fsp3) is 0.273. The normalized spacial score (nSPS) is 12.4. The fourth-order valence-electron chi connectivity index (χ4n) is 1.03. The number of aliphatic hydroxyl groups is 1. The van der Waals surface area contributed by atoms with Crippen molar-refractivity contribution in [1.82, 2.24) is 0 Å². The molecule has 0 bridgehead atoms. The largest absolute Gasteiger partial charge is 0.402 e. The van der Waals surface area contributed by atoms with Crippen LogP contribution in [-0.2, 0) is 5.75 Å². The minimum absolute atomic E-state index is 0.0276. The standard InChI is InChI=1S/C11H15NOS/c1-9(12)11(7-13)14-8-10-5-3-2-4-6-10/h2-6,13H,7-8,12H2,1H3/b11-9-. The average molecular weight is 209 g/mol. The molecule has 14 heavy (non-hydrogen) atoms. The summed E-state index contributed by atoms with van der Waals surface area (Å²) in [5.74, 6) is 0.852. The molecule has 0 spiro atoms. The van der Waals surface area contributed by atoms with Gasteiger partial charge in [0, 0.05) is 16.4 Å². The van der Waals surface area contributed by atoms with E-state index in [1.165, 1.54) is 5.56 Å². The number of hydrogen-bond acceptors (Lipinski definition) is 3. The van der Waals surface area contributed by atoms with Crippen molar-refractivity contribution >= 4 is 11.8 Å². The summed E-state index contributed by atoms with van der Waals surface area (Å²) in [5.41, 5.74) is 7.55. The zero-order valence-corrected chi connectivity index (χ0v) is 9.05. The number of hydrogen-bond donors (Lipinski definition) is 2. The summed E-state index contributed by atoms with van der Waals surface area (Å²) in [7, 11) is 0. The topological polar surface area (TPSA) is 46.2 Å². The Morgan fingerprint density at radius 2 is 2.00 bits per heavy atom. The third-order valence-electron chi connectivity index (χ3n) is 1.84. The van der Waals surface area contributed by atoms with Crippen LogP contribution in [0.4, 0.5) is 0 Å². The van der Waals surface area contributed by atoms with E-state index in [0.29, 0.717) is 5.70 Å². The van der Waals surface area contributed by atoms with Gasteiger partial charge in [-0.15, -0.1) is 11.8 Å². The summed E-state index contributed by atoms with van der Waals surface area (Å²) in [4.78, 5) is 0.855. The minimum atomic E-state index is 0.0276. The van der Waals surface area contributed by atoms with E-state index < -0.39 is 0 Å². The molecule has 1 aromatic rings. The van der Waals surface area contributed by atoms with Gasteiger partial charge in [-0.25, -0.2) is 0 Å². The average Bonchev–Trinajstić information content (AvgIpc) is 2.20. The molecule has 3 N–H and O–H groups in total. The van der Waals surface area contributed by atoms with E-state index in [0.717, 1.165) is 10.7 Å². The van der Waals surface area contributed by atoms with E-state index in [-0.39, 0.29) is 6.61 Å². The van der Waals surface area contributed by atoms with E-state index in [4.69, 9.17) is 10.8 Å². The van der Waals surface area contributed by atoms with Crippen molar-refractivity contribution in [2.24, 2.45) is 5.73 Å². The van der Waals surface area contributed by atoms with Gasteiger partial charge in [-0.3, -0.25) is 0 Å². The van der Waals surface area contributed by atoms with Gasteiger partial charge in [-0.1, -0.05) is 30.3 Å². The molecule has 2 nitrogen and oxygen atoms in total. The van der Waals surface area contributed by atoms with E-state index in [9.17, 15) is 0 Å². The number of nitrogens with two attached hydrogens (primary N) is 1. The molecule has 0 heterocycles. The highest BCUT2D eigenvalue weighted by atomic mass is 32.2. The first kappa shape index (κ1) is 11.1. The Kier molecular flexibility index (Phi) is 4.56. The van der Waals surface area contributed by atoms with Gasteiger partial charge >= 0.3 is 0 Å². The Labute approximate surface area is 88.8 Å². The summed E-state index contributed by atoms with van der Waals surface area (Å²) >= 11 is 1.59. The number of allylic oxidation sites excluding steroid dienone is 1. The summed E-state index contributed by atoms with van der Waals surface area (Å²) in [5, 5.41) is 9.02. The lowest BCUT2D eigenvalue weighted by Crippen LogP contribution is -1.99. The van der Waals surface area contributed by atoms with Crippen molar-refractivity contribution in [3.05, 3.63) is 46.5 Å². The Bertz CT molecular complexity index is 304. The SMILES string of the molecule is C/C(N)=C(\CO)SCc1ccccc1.